The Kier molecular flexibility index (Phi) is 5.94. The quantitative estimate of drug-likeness (QED) is 0.771. The first-order valence-corrected chi connectivity index (χ1v) is 9.57. The second-order valence-corrected chi connectivity index (χ2v) is 7.90. The summed E-state index contributed by atoms with van der Waals surface area (Å²) in [4.78, 5) is 0.322. The Morgan fingerprint density at radius 3 is 2.64 bits per heavy atom. The van der Waals surface area contributed by atoms with Crippen molar-refractivity contribution >= 4 is 27.3 Å². The minimum atomic E-state index is -3.53. The maximum absolute atomic E-state index is 12.9. The van der Waals surface area contributed by atoms with E-state index in [1.54, 1.807) is 12.1 Å². The summed E-state index contributed by atoms with van der Waals surface area (Å²) in [5, 5.41) is 0.400. The number of hydrogen-bond acceptors (Lipinski definition) is 4. The highest BCUT2D eigenvalue weighted by Crippen LogP contribution is 2.26. The van der Waals surface area contributed by atoms with E-state index >= 15 is 0 Å². The van der Waals surface area contributed by atoms with Gasteiger partial charge in [-0.1, -0.05) is 31.0 Å². The molecule has 0 saturated carbocycles. The van der Waals surface area contributed by atoms with E-state index in [9.17, 15) is 8.42 Å². The van der Waals surface area contributed by atoms with Crippen LogP contribution in [0.1, 0.15) is 38.2 Å². The molecule has 1 aromatic rings. The van der Waals surface area contributed by atoms with E-state index in [0.29, 0.717) is 23.1 Å². The summed E-state index contributed by atoms with van der Waals surface area (Å²) in [5.41, 5.74) is 1.04. The van der Waals surface area contributed by atoms with E-state index in [0.717, 1.165) is 31.2 Å². The van der Waals surface area contributed by atoms with Gasteiger partial charge < -0.3 is 4.74 Å². The van der Waals surface area contributed by atoms with Crippen molar-refractivity contribution in [3.8, 4) is 0 Å². The van der Waals surface area contributed by atoms with Gasteiger partial charge in [0.25, 0.3) is 0 Å². The van der Waals surface area contributed by atoms with Gasteiger partial charge in [-0.3, -0.25) is 0 Å². The standard InChI is InChI=1S/C16H23NO3S2/c1-3-12-20-16(21)15-6-4-5-11-17(15)22(18,19)14-9-7-13(2)8-10-14/h7-10,15H,3-6,11-12H2,1-2H3. The highest BCUT2D eigenvalue weighted by molar-refractivity contribution is 7.89. The van der Waals surface area contributed by atoms with E-state index in [4.69, 9.17) is 17.0 Å². The van der Waals surface area contributed by atoms with Crippen LogP contribution in [0.25, 0.3) is 0 Å². The van der Waals surface area contributed by atoms with Crippen molar-refractivity contribution in [3.63, 3.8) is 0 Å². The molecule has 122 valence electrons. The number of ether oxygens (including phenoxy) is 1. The Labute approximate surface area is 138 Å². The fourth-order valence-electron chi connectivity index (χ4n) is 2.57. The smallest absolute Gasteiger partial charge is 0.243 e. The van der Waals surface area contributed by atoms with E-state index in [-0.39, 0.29) is 6.04 Å². The second-order valence-electron chi connectivity index (χ2n) is 5.61. The second kappa shape index (κ2) is 7.53. The van der Waals surface area contributed by atoms with Crippen LogP contribution in [0.5, 0.6) is 0 Å². The summed E-state index contributed by atoms with van der Waals surface area (Å²) >= 11 is 5.33. The molecule has 6 heteroatoms. The Hall–Kier alpha value is -0.980. The average Bonchev–Trinajstić information content (AvgIpc) is 2.53. The SMILES string of the molecule is CCCOC(=S)C1CCCCN1S(=O)(=O)c1ccc(C)cc1. The number of nitrogens with zero attached hydrogens (tertiary/aromatic N) is 1. The molecule has 1 saturated heterocycles. The first-order chi connectivity index (χ1) is 10.5. The van der Waals surface area contributed by atoms with Crippen LogP contribution >= 0.6 is 12.2 Å². The molecule has 4 nitrogen and oxygen atoms in total. The molecule has 1 aliphatic rings. The first kappa shape index (κ1) is 17.4. The van der Waals surface area contributed by atoms with E-state index < -0.39 is 10.0 Å². The molecule has 0 radical (unpaired) electrons. The van der Waals surface area contributed by atoms with Gasteiger partial charge in [0.2, 0.25) is 10.0 Å². The molecule has 0 amide bonds. The summed E-state index contributed by atoms with van der Waals surface area (Å²) in [6, 6.07) is 6.62. The van der Waals surface area contributed by atoms with Crippen molar-refractivity contribution in [1.29, 1.82) is 0 Å². The van der Waals surface area contributed by atoms with Crippen molar-refractivity contribution in [1.82, 2.24) is 4.31 Å². The van der Waals surface area contributed by atoms with Crippen molar-refractivity contribution in [2.75, 3.05) is 13.2 Å². The van der Waals surface area contributed by atoms with Crippen molar-refractivity contribution < 1.29 is 13.2 Å². The predicted molar refractivity (Wildman–Crippen MR) is 91.6 cm³/mol. The third-order valence-corrected chi connectivity index (χ3v) is 6.11. The van der Waals surface area contributed by atoms with Gasteiger partial charge >= 0.3 is 0 Å². The zero-order chi connectivity index (χ0) is 16.2. The first-order valence-electron chi connectivity index (χ1n) is 7.72. The van der Waals surface area contributed by atoms with Crippen LogP contribution in [0.15, 0.2) is 29.2 Å². The van der Waals surface area contributed by atoms with Crippen LogP contribution in [0.3, 0.4) is 0 Å². The monoisotopic (exact) mass is 341 g/mol. The molecule has 0 aromatic heterocycles. The molecule has 0 N–H and O–H groups in total. The number of aryl methyl sites for hydroxylation is 1. The van der Waals surface area contributed by atoms with Gasteiger partial charge in [-0.05, 0) is 50.5 Å². The Bertz CT molecular complexity index is 611. The van der Waals surface area contributed by atoms with Crippen LogP contribution in [0.2, 0.25) is 0 Å². The van der Waals surface area contributed by atoms with Crippen LogP contribution in [0, 0.1) is 6.92 Å². The van der Waals surface area contributed by atoms with E-state index in [1.807, 2.05) is 26.0 Å². The van der Waals surface area contributed by atoms with Crippen LogP contribution in [-0.2, 0) is 14.8 Å². The molecule has 1 atom stereocenters. The third-order valence-electron chi connectivity index (χ3n) is 3.80. The number of thiocarbonyl (C=S) groups is 1. The van der Waals surface area contributed by atoms with Gasteiger partial charge in [-0.2, -0.15) is 4.31 Å². The molecule has 0 aliphatic carbocycles. The molecule has 2 rings (SSSR count). The summed E-state index contributed by atoms with van der Waals surface area (Å²) in [6.45, 7) is 4.97. The summed E-state index contributed by atoms with van der Waals surface area (Å²) in [7, 11) is -3.53. The summed E-state index contributed by atoms with van der Waals surface area (Å²) in [6.07, 6.45) is 3.42. The fourth-order valence-corrected chi connectivity index (χ4v) is 4.62. The lowest BCUT2D eigenvalue weighted by molar-refractivity contribution is 0.240. The molecule has 1 heterocycles. The van der Waals surface area contributed by atoms with Crippen LogP contribution in [0.4, 0.5) is 0 Å². The predicted octanol–water partition coefficient (Wildman–Crippen LogP) is 3.29. The zero-order valence-corrected chi connectivity index (χ0v) is 14.8. The molecule has 1 aromatic carbocycles. The minimum Gasteiger partial charge on any atom is -0.485 e. The highest BCUT2D eigenvalue weighted by Gasteiger charge is 2.36. The molecule has 1 fully saturated rings. The highest BCUT2D eigenvalue weighted by atomic mass is 32.2. The van der Waals surface area contributed by atoms with Gasteiger partial charge in [0.05, 0.1) is 17.5 Å². The number of rotatable bonds is 5. The maximum Gasteiger partial charge on any atom is 0.243 e. The molecule has 0 spiro atoms. The van der Waals surface area contributed by atoms with Gasteiger partial charge in [0, 0.05) is 6.54 Å². The lowest BCUT2D eigenvalue weighted by Gasteiger charge is -2.34. The molecular formula is C16H23NO3S2. The molecule has 22 heavy (non-hydrogen) atoms. The van der Waals surface area contributed by atoms with Crippen molar-refractivity contribution in [2.24, 2.45) is 0 Å². The van der Waals surface area contributed by atoms with Gasteiger partial charge in [0.15, 0.2) is 5.05 Å². The molecule has 1 aliphatic heterocycles. The van der Waals surface area contributed by atoms with E-state index in [2.05, 4.69) is 0 Å². The summed E-state index contributed by atoms with van der Waals surface area (Å²) < 4.78 is 32.8. The topological polar surface area (TPSA) is 46.6 Å². The van der Waals surface area contributed by atoms with Gasteiger partial charge in [-0.15, -0.1) is 0 Å². The Balaban J connectivity index is 2.26. The van der Waals surface area contributed by atoms with Crippen molar-refractivity contribution in [2.45, 2.75) is 50.5 Å². The molecular weight excluding hydrogens is 318 g/mol. The fraction of sp³-hybridized carbons (Fsp3) is 0.562. The Morgan fingerprint density at radius 2 is 2.00 bits per heavy atom. The molecule has 1 unspecified atom stereocenters. The van der Waals surface area contributed by atoms with Gasteiger partial charge in [0.1, 0.15) is 0 Å². The van der Waals surface area contributed by atoms with Crippen molar-refractivity contribution in [3.05, 3.63) is 29.8 Å². The number of sulfonamides is 1. The zero-order valence-electron chi connectivity index (χ0n) is 13.1. The maximum atomic E-state index is 12.9. The average molecular weight is 341 g/mol. The molecule has 0 bridgehead atoms. The summed E-state index contributed by atoms with van der Waals surface area (Å²) in [5.74, 6) is 0. The number of hydrogen-bond donors (Lipinski definition) is 0. The van der Waals surface area contributed by atoms with Crippen LogP contribution in [-0.4, -0.2) is 37.0 Å². The van der Waals surface area contributed by atoms with E-state index in [1.165, 1.54) is 4.31 Å². The third kappa shape index (κ3) is 3.86. The minimum absolute atomic E-state index is 0.322. The number of benzene rings is 1. The van der Waals surface area contributed by atoms with Gasteiger partial charge in [-0.25, -0.2) is 8.42 Å². The Morgan fingerprint density at radius 1 is 1.32 bits per heavy atom. The van der Waals surface area contributed by atoms with Crippen LogP contribution < -0.4 is 0 Å². The lowest BCUT2D eigenvalue weighted by Crippen LogP contribution is -2.48. The largest absolute Gasteiger partial charge is 0.485 e. The normalized spacial score (nSPS) is 19.8. The lowest BCUT2D eigenvalue weighted by atomic mass is 10.1. The number of piperidine rings is 1.